The third kappa shape index (κ3) is 2.39. The van der Waals surface area contributed by atoms with E-state index in [1.54, 1.807) is 0 Å². The van der Waals surface area contributed by atoms with Gasteiger partial charge in [0.1, 0.15) is 5.82 Å². The molecule has 0 bridgehead atoms. The number of aryl methyl sites for hydroxylation is 4. The SMILES string of the molecule is Cc1cc(C)c(Cn2nc(C)c(I)c2N)c(C)c1. The standard InChI is InChI=1S/C14H18IN3/c1-8-5-9(2)12(10(3)6-8)7-18-14(16)13(15)11(4)17-18/h5-6H,7,16H2,1-4H3. The fourth-order valence-electron chi connectivity index (χ4n) is 2.31. The second-order valence-electron chi connectivity index (χ2n) is 4.82. The zero-order valence-corrected chi connectivity index (χ0v) is 13.4. The van der Waals surface area contributed by atoms with E-state index in [-0.39, 0.29) is 0 Å². The van der Waals surface area contributed by atoms with Crippen molar-refractivity contribution in [1.29, 1.82) is 0 Å². The number of nitrogens with two attached hydrogens (primary N) is 1. The van der Waals surface area contributed by atoms with Gasteiger partial charge in [0.2, 0.25) is 0 Å². The zero-order valence-electron chi connectivity index (χ0n) is 11.2. The molecule has 0 spiro atoms. The molecule has 0 saturated heterocycles. The van der Waals surface area contributed by atoms with Crippen LogP contribution in [-0.4, -0.2) is 9.78 Å². The van der Waals surface area contributed by atoms with Crippen molar-refractivity contribution in [3.8, 4) is 0 Å². The van der Waals surface area contributed by atoms with Crippen LogP contribution in [-0.2, 0) is 6.54 Å². The summed E-state index contributed by atoms with van der Waals surface area (Å²) in [6.07, 6.45) is 0. The van der Waals surface area contributed by atoms with Gasteiger partial charge < -0.3 is 5.73 Å². The van der Waals surface area contributed by atoms with Gasteiger partial charge in [-0.15, -0.1) is 0 Å². The first-order valence-electron chi connectivity index (χ1n) is 5.95. The molecule has 0 amide bonds. The van der Waals surface area contributed by atoms with Crippen LogP contribution < -0.4 is 5.73 Å². The van der Waals surface area contributed by atoms with E-state index in [1.807, 2.05) is 11.6 Å². The molecule has 3 nitrogen and oxygen atoms in total. The number of rotatable bonds is 2. The number of benzene rings is 1. The van der Waals surface area contributed by atoms with E-state index in [9.17, 15) is 0 Å². The average Bonchev–Trinajstić information content (AvgIpc) is 2.51. The maximum Gasteiger partial charge on any atom is 0.135 e. The van der Waals surface area contributed by atoms with Gasteiger partial charge in [-0.05, 0) is 67.0 Å². The molecule has 0 fully saturated rings. The summed E-state index contributed by atoms with van der Waals surface area (Å²) in [4.78, 5) is 0. The minimum absolute atomic E-state index is 0.744. The summed E-state index contributed by atoms with van der Waals surface area (Å²) in [5, 5.41) is 4.49. The van der Waals surface area contributed by atoms with Crippen molar-refractivity contribution in [2.75, 3.05) is 5.73 Å². The predicted molar refractivity (Wildman–Crippen MR) is 83.8 cm³/mol. The van der Waals surface area contributed by atoms with Gasteiger partial charge in [-0.3, -0.25) is 0 Å². The highest BCUT2D eigenvalue weighted by atomic mass is 127. The molecule has 0 saturated carbocycles. The molecule has 0 aliphatic heterocycles. The second kappa shape index (κ2) is 4.91. The van der Waals surface area contributed by atoms with Crippen molar-refractivity contribution in [2.24, 2.45) is 0 Å². The molecule has 1 heterocycles. The van der Waals surface area contributed by atoms with Crippen molar-refractivity contribution in [1.82, 2.24) is 9.78 Å². The maximum absolute atomic E-state index is 6.07. The summed E-state index contributed by atoms with van der Waals surface area (Å²) in [7, 11) is 0. The van der Waals surface area contributed by atoms with Crippen molar-refractivity contribution in [3.05, 3.63) is 43.7 Å². The molecule has 0 radical (unpaired) electrons. The lowest BCUT2D eigenvalue weighted by molar-refractivity contribution is 0.683. The topological polar surface area (TPSA) is 43.8 Å². The first-order chi connectivity index (χ1) is 8.40. The van der Waals surface area contributed by atoms with E-state index >= 15 is 0 Å². The minimum atomic E-state index is 0.744. The van der Waals surface area contributed by atoms with Gasteiger partial charge in [0, 0.05) is 0 Å². The molecule has 1 aromatic heterocycles. The Morgan fingerprint density at radius 1 is 1.17 bits per heavy atom. The molecule has 0 atom stereocenters. The molecule has 96 valence electrons. The molecule has 2 rings (SSSR count). The molecule has 0 aliphatic carbocycles. The van der Waals surface area contributed by atoms with Crippen LogP contribution in [0.4, 0.5) is 5.82 Å². The molecule has 2 aromatic rings. The van der Waals surface area contributed by atoms with Crippen LogP contribution in [0.5, 0.6) is 0 Å². The van der Waals surface area contributed by atoms with E-state index in [0.29, 0.717) is 0 Å². The minimum Gasteiger partial charge on any atom is -0.383 e. The summed E-state index contributed by atoms with van der Waals surface area (Å²) in [6, 6.07) is 4.42. The Bertz CT molecular complexity index is 576. The molecule has 18 heavy (non-hydrogen) atoms. The third-order valence-corrected chi connectivity index (χ3v) is 4.57. The quantitative estimate of drug-likeness (QED) is 0.840. The van der Waals surface area contributed by atoms with Gasteiger partial charge in [-0.2, -0.15) is 5.10 Å². The van der Waals surface area contributed by atoms with Gasteiger partial charge >= 0.3 is 0 Å². The highest BCUT2D eigenvalue weighted by molar-refractivity contribution is 14.1. The van der Waals surface area contributed by atoms with Gasteiger partial charge in [0.15, 0.2) is 0 Å². The Balaban J connectivity index is 2.43. The molecule has 0 aliphatic rings. The van der Waals surface area contributed by atoms with Crippen molar-refractivity contribution in [2.45, 2.75) is 34.2 Å². The normalized spacial score (nSPS) is 10.9. The Hall–Kier alpha value is -1.04. The smallest absolute Gasteiger partial charge is 0.135 e. The van der Waals surface area contributed by atoms with Crippen LogP contribution in [0, 0.1) is 31.3 Å². The number of hydrogen-bond donors (Lipinski definition) is 1. The monoisotopic (exact) mass is 355 g/mol. The second-order valence-corrected chi connectivity index (χ2v) is 5.90. The van der Waals surface area contributed by atoms with Crippen LogP contribution >= 0.6 is 22.6 Å². The number of halogens is 1. The fourth-order valence-corrected chi connectivity index (χ4v) is 2.69. The number of aromatic nitrogens is 2. The Morgan fingerprint density at radius 3 is 2.17 bits per heavy atom. The third-order valence-electron chi connectivity index (χ3n) is 3.24. The average molecular weight is 355 g/mol. The molecule has 2 N–H and O–H groups in total. The fraction of sp³-hybridized carbons (Fsp3) is 0.357. The largest absolute Gasteiger partial charge is 0.383 e. The lowest BCUT2D eigenvalue weighted by Crippen LogP contribution is -2.09. The van der Waals surface area contributed by atoms with E-state index in [0.717, 1.165) is 21.6 Å². The number of anilines is 1. The molecule has 1 aromatic carbocycles. The van der Waals surface area contributed by atoms with Crippen LogP contribution in [0.3, 0.4) is 0 Å². The molecular formula is C14H18IN3. The Kier molecular flexibility index (Phi) is 3.66. The number of hydrogen-bond acceptors (Lipinski definition) is 2. The Morgan fingerprint density at radius 2 is 1.72 bits per heavy atom. The summed E-state index contributed by atoms with van der Waals surface area (Å²) < 4.78 is 2.94. The van der Waals surface area contributed by atoms with E-state index in [2.05, 4.69) is 60.6 Å². The van der Waals surface area contributed by atoms with Crippen LogP contribution in [0.15, 0.2) is 12.1 Å². The van der Waals surface area contributed by atoms with Gasteiger partial charge in [-0.1, -0.05) is 17.7 Å². The molecule has 4 heteroatoms. The van der Waals surface area contributed by atoms with Crippen LogP contribution in [0.2, 0.25) is 0 Å². The summed E-state index contributed by atoms with van der Waals surface area (Å²) in [6.45, 7) is 9.15. The summed E-state index contributed by atoms with van der Waals surface area (Å²) in [5.74, 6) is 0.757. The zero-order chi connectivity index (χ0) is 13.4. The maximum atomic E-state index is 6.07. The van der Waals surface area contributed by atoms with Crippen molar-refractivity contribution < 1.29 is 0 Å². The van der Waals surface area contributed by atoms with E-state index in [1.165, 1.54) is 22.3 Å². The van der Waals surface area contributed by atoms with Gasteiger partial charge in [0.25, 0.3) is 0 Å². The van der Waals surface area contributed by atoms with Crippen LogP contribution in [0.25, 0.3) is 0 Å². The lowest BCUT2D eigenvalue weighted by Gasteiger charge is -2.12. The molecule has 0 unspecified atom stereocenters. The number of nitrogen functional groups attached to an aromatic ring is 1. The summed E-state index contributed by atoms with van der Waals surface area (Å²) in [5.41, 5.74) is 12.3. The lowest BCUT2D eigenvalue weighted by atomic mass is 10.00. The van der Waals surface area contributed by atoms with Gasteiger partial charge in [0.05, 0.1) is 15.8 Å². The van der Waals surface area contributed by atoms with Crippen molar-refractivity contribution >= 4 is 28.4 Å². The van der Waals surface area contributed by atoms with Crippen molar-refractivity contribution in [3.63, 3.8) is 0 Å². The highest BCUT2D eigenvalue weighted by Gasteiger charge is 2.12. The highest BCUT2D eigenvalue weighted by Crippen LogP contribution is 2.22. The van der Waals surface area contributed by atoms with Crippen LogP contribution in [0.1, 0.15) is 27.9 Å². The van der Waals surface area contributed by atoms with E-state index in [4.69, 9.17) is 5.73 Å². The first kappa shape index (κ1) is 13.4. The molecular weight excluding hydrogens is 337 g/mol. The Labute approximate surface area is 122 Å². The predicted octanol–water partition coefficient (Wildman–Crippen LogP) is 3.35. The number of nitrogens with zero attached hydrogens (tertiary/aromatic N) is 2. The van der Waals surface area contributed by atoms with E-state index < -0.39 is 0 Å². The van der Waals surface area contributed by atoms with Gasteiger partial charge in [-0.25, -0.2) is 4.68 Å². The first-order valence-corrected chi connectivity index (χ1v) is 7.03. The summed E-state index contributed by atoms with van der Waals surface area (Å²) >= 11 is 2.25.